The number of nitrogens with zero attached hydrogens (tertiary/aromatic N) is 4. The number of aromatic nitrogens is 4. The fourth-order valence-corrected chi connectivity index (χ4v) is 6.51. The fraction of sp³-hybridized carbons (Fsp3) is 0. The predicted molar refractivity (Wildman–Crippen MR) is 179 cm³/mol. The topological polar surface area (TPSA) is 52.2 Å². The maximum absolute atomic E-state index is 13.3. The molecule has 6 aromatic carbocycles. The average molecular weight is 565 g/mol. The highest BCUT2D eigenvalue weighted by Gasteiger charge is 2.17. The van der Waals surface area contributed by atoms with Gasteiger partial charge >= 0.3 is 0 Å². The molecular weight excluding hydrogens is 540 g/mol. The van der Waals surface area contributed by atoms with Crippen LogP contribution in [-0.2, 0) is 0 Å². The van der Waals surface area contributed by atoms with Crippen LogP contribution >= 0.6 is 0 Å². The molecule has 0 aliphatic heterocycles. The SMILES string of the molecule is O=c1nc2c3cc(-c4ccc5c(c4)c4ccccc4n5-c4ccccc4)ccc3nc(-c3ccccc3)n2c2ccccc12. The third-order valence-electron chi connectivity index (χ3n) is 8.52. The van der Waals surface area contributed by atoms with Crippen molar-refractivity contribution in [3.05, 3.63) is 156 Å². The van der Waals surface area contributed by atoms with Crippen LogP contribution < -0.4 is 5.56 Å². The van der Waals surface area contributed by atoms with Crippen LogP contribution in [0.25, 0.3) is 77.5 Å². The van der Waals surface area contributed by atoms with Crippen LogP contribution in [0.15, 0.2) is 150 Å². The average Bonchev–Trinajstić information content (AvgIpc) is 3.42. The number of hydrogen-bond acceptors (Lipinski definition) is 3. The zero-order valence-corrected chi connectivity index (χ0v) is 23.6. The molecule has 5 heteroatoms. The fourth-order valence-electron chi connectivity index (χ4n) is 6.51. The molecule has 9 rings (SSSR count). The van der Waals surface area contributed by atoms with Crippen molar-refractivity contribution in [3.63, 3.8) is 0 Å². The Hall–Kier alpha value is -6.07. The highest BCUT2D eigenvalue weighted by atomic mass is 16.1. The summed E-state index contributed by atoms with van der Waals surface area (Å²) in [6.45, 7) is 0. The molecule has 0 atom stereocenters. The Morgan fingerprint density at radius 1 is 0.455 bits per heavy atom. The second-order valence-corrected chi connectivity index (χ2v) is 11.0. The van der Waals surface area contributed by atoms with E-state index in [9.17, 15) is 4.79 Å². The monoisotopic (exact) mass is 564 g/mol. The molecule has 5 nitrogen and oxygen atoms in total. The van der Waals surface area contributed by atoms with Gasteiger partial charge in [-0.25, -0.2) is 4.98 Å². The molecule has 3 aromatic heterocycles. The number of rotatable bonds is 3. The molecule has 3 heterocycles. The van der Waals surface area contributed by atoms with E-state index in [1.165, 1.54) is 16.3 Å². The van der Waals surface area contributed by atoms with Crippen LogP contribution in [0, 0.1) is 0 Å². The summed E-state index contributed by atoms with van der Waals surface area (Å²) in [6.07, 6.45) is 0. The van der Waals surface area contributed by atoms with Crippen molar-refractivity contribution in [2.24, 2.45) is 0 Å². The van der Waals surface area contributed by atoms with Crippen molar-refractivity contribution >= 4 is 49.3 Å². The van der Waals surface area contributed by atoms with E-state index in [2.05, 4.69) is 88.4 Å². The second-order valence-electron chi connectivity index (χ2n) is 11.0. The van der Waals surface area contributed by atoms with E-state index in [1.807, 2.05) is 71.1 Å². The highest BCUT2D eigenvalue weighted by Crippen LogP contribution is 2.36. The van der Waals surface area contributed by atoms with E-state index in [0.29, 0.717) is 11.0 Å². The van der Waals surface area contributed by atoms with Gasteiger partial charge in [-0.05, 0) is 65.7 Å². The molecule has 9 aromatic rings. The summed E-state index contributed by atoms with van der Waals surface area (Å²) in [5, 5.41) is 3.79. The van der Waals surface area contributed by atoms with Gasteiger partial charge in [-0.3, -0.25) is 9.20 Å². The minimum Gasteiger partial charge on any atom is -0.309 e. The minimum atomic E-state index is -0.243. The largest absolute Gasteiger partial charge is 0.309 e. The molecule has 0 spiro atoms. The maximum Gasteiger partial charge on any atom is 0.281 e. The quantitative estimate of drug-likeness (QED) is 0.202. The zero-order chi connectivity index (χ0) is 29.2. The molecule has 0 radical (unpaired) electrons. The molecule has 0 unspecified atom stereocenters. The normalized spacial score (nSPS) is 11.7. The lowest BCUT2D eigenvalue weighted by atomic mass is 10.0. The predicted octanol–water partition coefficient (Wildman–Crippen LogP) is 8.83. The summed E-state index contributed by atoms with van der Waals surface area (Å²) in [6, 6.07) is 49.6. The van der Waals surface area contributed by atoms with Crippen molar-refractivity contribution in [2.75, 3.05) is 0 Å². The van der Waals surface area contributed by atoms with Gasteiger partial charge in [-0.1, -0.05) is 91.0 Å². The van der Waals surface area contributed by atoms with Crippen LogP contribution in [0.5, 0.6) is 0 Å². The Balaban J connectivity index is 1.32. The molecule has 0 aliphatic rings. The first kappa shape index (κ1) is 24.5. The standard InChI is InChI=1S/C39H24N4O/c44-39-30-16-8-10-18-35(30)43-37(25-11-3-1-4-12-25)40-33-21-19-26(24-32(33)38(43)41-39)27-20-22-36-31(23-27)29-15-7-9-17-34(29)42(36)28-13-5-2-6-14-28/h1-24H. The molecule has 0 aliphatic carbocycles. The van der Waals surface area contributed by atoms with E-state index in [0.717, 1.165) is 50.1 Å². The minimum absolute atomic E-state index is 0.243. The van der Waals surface area contributed by atoms with E-state index >= 15 is 0 Å². The van der Waals surface area contributed by atoms with Crippen LogP contribution in [0.2, 0.25) is 0 Å². The van der Waals surface area contributed by atoms with E-state index in [1.54, 1.807) is 0 Å². The summed E-state index contributed by atoms with van der Waals surface area (Å²) in [5.74, 6) is 0.750. The van der Waals surface area contributed by atoms with Gasteiger partial charge in [0, 0.05) is 27.4 Å². The van der Waals surface area contributed by atoms with E-state index in [4.69, 9.17) is 4.98 Å². The Labute approximate surface area is 251 Å². The first-order valence-electron chi connectivity index (χ1n) is 14.6. The highest BCUT2D eigenvalue weighted by molar-refractivity contribution is 6.10. The summed E-state index contributed by atoms with van der Waals surface area (Å²) in [4.78, 5) is 23.1. The maximum atomic E-state index is 13.3. The van der Waals surface area contributed by atoms with Crippen LogP contribution in [0.1, 0.15) is 0 Å². The second kappa shape index (κ2) is 9.48. The number of hydrogen-bond donors (Lipinski definition) is 0. The Kier molecular flexibility index (Phi) is 5.28. The molecule has 44 heavy (non-hydrogen) atoms. The van der Waals surface area contributed by atoms with Gasteiger partial charge in [0.1, 0.15) is 5.82 Å². The molecule has 0 amide bonds. The molecule has 0 saturated carbocycles. The van der Waals surface area contributed by atoms with Gasteiger partial charge in [-0.15, -0.1) is 0 Å². The van der Waals surface area contributed by atoms with Crippen molar-refractivity contribution in [1.82, 2.24) is 18.9 Å². The van der Waals surface area contributed by atoms with Crippen LogP contribution in [0.3, 0.4) is 0 Å². The van der Waals surface area contributed by atoms with Gasteiger partial charge in [0.2, 0.25) is 0 Å². The Morgan fingerprint density at radius 2 is 1.07 bits per heavy atom. The van der Waals surface area contributed by atoms with Crippen molar-refractivity contribution in [3.8, 4) is 28.2 Å². The summed E-state index contributed by atoms with van der Waals surface area (Å²) in [5.41, 5.74) is 8.47. The number of benzene rings is 6. The van der Waals surface area contributed by atoms with Gasteiger partial charge in [0.15, 0.2) is 5.65 Å². The summed E-state index contributed by atoms with van der Waals surface area (Å²) >= 11 is 0. The van der Waals surface area contributed by atoms with Gasteiger partial charge < -0.3 is 4.57 Å². The molecule has 0 N–H and O–H groups in total. The van der Waals surface area contributed by atoms with Crippen LogP contribution in [0.4, 0.5) is 0 Å². The Bertz CT molecular complexity index is 2620. The first-order valence-corrected chi connectivity index (χ1v) is 14.6. The smallest absolute Gasteiger partial charge is 0.281 e. The Morgan fingerprint density at radius 3 is 1.86 bits per heavy atom. The molecule has 0 saturated heterocycles. The lowest BCUT2D eigenvalue weighted by Gasteiger charge is -2.14. The number of para-hydroxylation sites is 3. The lowest BCUT2D eigenvalue weighted by molar-refractivity contribution is 1.10. The van der Waals surface area contributed by atoms with Crippen molar-refractivity contribution < 1.29 is 0 Å². The zero-order valence-electron chi connectivity index (χ0n) is 23.6. The van der Waals surface area contributed by atoms with Gasteiger partial charge in [0.05, 0.1) is 27.5 Å². The van der Waals surface area contributed by atoms with Gasteiger partial charge in [-0.2, -0.15) is 4.98 Å². The number of fused-ring (bicyclic) bond motifs is 8. The van der Waals surface area contributed by atoms with Gasteiger partial charge in [0.25, 0.3) is 5.56 Å². The van der Waals surface area contributed by atoms with E-state index in [-0.39, 0.29) is 5.56 Å². The first-order chi connectivity index (χ1) is 21.7. The summed E-state index contributed by atoms with van der Waals surface area (Å²) < 4.78 is 4.34. The lowest BCUT2D eigenvalue weighted by Crippen LogP contribution is -2.13. The third-order valence-corrected chi connectivity index (χ3v) is 8.52. The molecular formula is C39H24N4O. The van der Waals surface area contributed by atoms with Crippen LogP contribution in [-0.4, -0.2) is 18.9 Å². The molecule has 0 fully saturated rings. The molecule has 206 valence electrons. The summed E-state index contributed by atoms with van der Waals surface area (Å²) in [7, 11) is 0. The third kappa shape index (κ3) is 3.63. The van der Waals surface area contributed by atoms with Crippen molar-refractivity contribution in [1.29, 1.82) is 0 Å². The molecule has 0 bridgehead atoms. The van der Waals surface area contributed by atoms with E-state index < -0.39 is 0 Å². The van der Waals surface area contributed by atoms with Crippen molar-refractivity contribution in [2.45, 2.75) is 0 Å².